The Morgan fingerprint density at radius 3 is 2.52 bits per heavy atom. The molecule has 5 nitrogen and oxygen atoms in total. The second-order valence-electron chi connectivity index (χ2n) is 7.82. The molecule has 1 aromatic rings. The number of rotatable bonds is 1. The van der Waals surface area contributed by atoms with Crippen LogP contribution in [-0.2, 0) is 6.42 Å². The van der Waals surface area contributed by atoms with Gasteiger partial charge in [-0.3, -0.25) is 14.4 Å². The van der Waals surface area contributed by atoms with Crippen LogP contribution in [0.25, 0.3) is 0 Å². The van der Waals surface area contributed by atoms with Crippen LogP contribution in [0.2, 0.25) is 0 Å². The van der Waals surface area contributed by atoms with E-state index in [1.807, 2.05) is 13.8 Å². The van der Waals surface area contributed by atoms with E-state index in [9.17, 15) is 14.4 Å². The van der Waals surface area contributed by atoms with Gasteiger partial charge in [-0.05, 0) is 36.7 Å². The van der Waals surface area contributed by atoms with Crippen LogP contribution in [0.3, 0.4) is 0 Å². The summed E-state index contributed by atoms with van der Waals surface area (Å²) in [6.07, 6.45) is 3.02. The minimum atomic E-state index is -0.377. The summed E-state index contributed by atoms with van der Waals surface area (Å²) < 4.78 is 0. The minimum Gasteiger partial charge on any atom is -0.338 e. The van der Waals surface area contributed by atoms with Gasteiger partial charge in [0.1, 0.15) is 5.56 Å². The van der Waals surface area contributed by atoms with E-state index < -0.39 is 0 Å². The van der Waals surface area contributed by atoms with Crippen LogP contribution in [0, 0.1) is 11.3 Å². The molecule has 5 heteroatoms. The van der Waals surface area contributed by atoms with Crippen LogP contribution in [-0.4, -0.2) is 34.7 Å². The highest BCUT2D eigenvalue weighted by atomic mass is 16.2. The zero-order valence-electron chi connectivity index (χ0n) is 14.1. The number of fused-ring (bicyclic) bond motifs is 1. The quantitative estimate of drug-likeness (QED) is 0.865. The van der Waals surface area contributed by atoms with Crippen LogP contribution in [0.1, 0.15) is 66.4 Å². The molecule has 1 aliphatic carbocycles. The predicted octanol–water partition coefficient (Wildman–Crippen LogP) is 2.40. The van der Waals surface area contributed by atoms with E-state index in [-0.39, 0.29) is 28.2 Å². The Bertz CT molecular complexity index is 709. The number of hydrogen-bond acceptors (Lipinski definition) is 3. The fourth-order valence-corrected chi connectivity index (χ4v) is 3.57. The summed E-state index contributed by atoms with van der Waals surface area (Å²) in [6.45, 7) is 7.56. The average molecular weight is 316 g/mol. The fourth-order valence-electron chi connectivity index (χ4n) is 3.57. The first-order valence-electron chi connectivity index (χ1n) is 8.35. The zero-order chi connectivity index (χ0) is 16.8. The van der Waals surface area contributed by atoms with Gasteiger partial charge in [0.05, 0.1) is 0 Å². The largest absolute Gasteiger partial charge is 0.338 e. The number of H-pyrrole nitrogens is 1. The third-order valence-corrected chi connectivity index (χ3v) is 5.02. The van der Waals surface area contributed by atoms with E-state index in [4.69, 9.17) is 0 Å². The van der Waals surface area contributed by atoms with Gasteiger partial charge in [-0.2, -0.15) is 0 Å². The molecule has 1 aromatic heterocycles. The Balaban J connectivity index is 1.93. The number of aromatic nitrogens is 1. The molecule has 23 heavy (non-hydrogen) atoms. The van der Waals surface area contributed by atoms with Crippen LogP contribution in [0.15, 0.2) is 10.9 Å². The number of hydrogen-bond donors (Lipinski definition) is 1. The minimum absolute atomic E-state index is 0.00816. The summed E-state index contributed by atoms with van der Waals surface area (Å²) in [5.74, 6) is 0.372. The number of carbonyl (C=O) groups is 2. The Kier molecular flexibility index (Phi) is 3.90. The Hall–Kier alpha value is -1.91. The summed E-state index contributed by atoms with van der Waals surface area (Å²) in [5, 5.41) is 0. The molecule has 1 amide bonds. The molecule has 0 spiro atoms. The van der Waals surface area contributed by atoms with Crippen molar-refractivity contribution in [3.8, 4) is 0 Å². The average Bonchev–Trinajstić information content (AvgIpc) is 2.45. The van der Waals surface area contributed by atoms with Crippen molar-refractivity contribution in [3.63, 3.8) is 0 Å². The van der Waals surface area contributed by atoms with Gasteiger partial charge in [-0.15, -0.1) is 0 Å². The molecule has 2 aliphatic rings. The van der Waals surface area contributed by atoms with Gasteiger partial charge in [0.25, 0.3) is 11.5 Å². The first-order chi connectivity index (χ1) is 10.8. The lowest BCUT2D eigenvalue weighted by molar-refractivity contribution is 0.0695. The number of carbonyl (C=O) groups excluding carboxylic acids is 2. The van der Waals surface area contributed by atoms with Crippen molar-refractivity contribution >= 4 is 11.7 Å². The van der Waals surface area contributed by atoms with Crippen molar-refractivity contribution in [2.75, 3.05) is 13.1 Å². The van der Waals surface area contributed by atoms with Crippen LogP contribution in [0.5, 0.6) is 0 Å². The molecule has 1 aliphatic heterocycles. The lowest BCUT2D eigenvalue weighted by Gasteiger charge is -2.31. The number of Topliss-reactive ketones (excluding diaryl/α,β-unsaturated/α-hetero) is 1. The maximum absolute atomic E-state index is 12.6. The van der Waals surface area contributed by atoms with Crippen molar-refractivity contribution < 1.29 is 9.59 Å². The third-order valence-electron chi connectivity index (χ3n) is 5.02. The summed E-state index contributed by atoms with van der Waals surface area (Å²) >= 11 is 0. The Labute approximate surface area is 136 Å². The molecular formula is C18H24N2O3. The number of nitrogens with one attached hydrogen (secondary N) is 1. The summed E-state index contributed by atoms with van der Waals surface area (Å²) in [7, 11) is 0. The molecule has 1 saturated heterocycles. The molecule has 124 valence electrons. The fraction of sp³-hybridized carbons (Fsp3) is 0.611. The van der Waals surface area contributed by atoms with E-state index >= 15 is 0 Å². The number of pyridine rings is 1. The lowest BCUT2D eigenvalue weighted by atomic mass is 9.75. The Morgan fingerprint density at radius 1 is 1.22 bits per heavy atom. The van der Waals surface area contributed by atoms with Crippen molar-refractivity contribution in [1.29, 1.82) is 0 Å². The number of likely N-dealkylation sites (tertiary alicyclic amines) is 1. The van der Waals surface area contributed by atoms with Gasteiger partial charge in [-0.1, -0.05) is 20.8 Å². The van der Waals surface area contributed by atoms with Gasteiger partial charge in [0, 0.05) is 30.8 Å². The number of aromatic amines is 1. The van der Waals surface area contributed by atoms with Crippen LogP contribution in [0.4, 0.5) is 0 Å². The smallest absolute Gasteiger partial charge is 0.261 e. The summed E-state index contributed by atoms with van der Waals surface area (Å²) in [5.41, 5.74) is 0.753. The lowest BCUT2D eigenvalue weighted by Crippen LogP contribution is -2.41. The van der Waals surface area contributed by atoms with E-state index in [2.05, 4.69) is 11.9 Å². The van der Waals surface area contributed by atoms with Crippen molar-refractivity contribution in [3.05, 3.63) is 33.2 Å². The molecular weight excluding hydrogens is 292 g/mol. The number of ketones is 1. The Morgan fingerprint density at radius 2 is 1.87 bits per heavy atom. The molecule has 0 unspecified atom stereocenters. The normalized spacial score (nSPS) is 21.2. The molecule has 2 heterocycles. The topological polar surface area (TPSA) is 70.2 Å². The van der Waals surface area contributed by atoms with E-state index in [0.717, 1.165) is 12.8 Å². The maximum Gasteiger partial charge on any atom is 0.261 e. The number of nitrogens with zero attached hydrogens (tertiary/aromatic N) is 1. The van der Waals surface area contributed by atoms with Gasteiger partial charge in [-0.25, -0.2) is 0 Å². The van der Waals surface area contributed by atoms with Gasteiger partial charge < -0.3 is 9.88 Å². The highest BCUT2D eigenvalue weighted by Crippen LogP contribution is 2.33. The molecule has 0 bridgehead atoms. The van der Waals surface area contributed by atoms with Crippen molar-refractivity contribution in [1.82, 2.24) is 9.88 Å². The summed E-state index contributed by atoms with van der Waals surface area (Å²) in [4.78, 5) is 41.9. The van der Waals surface area contributed by atoms with E-state index in [0.29, 0.717) is 43.1 Å². The SMILES string of the molecule is CC1CCN(C(=O)c2cc3c([nH]c2=O)CC(C)(C)CC3=O)CC1. The standard InChI is InChI=1S/C18H24N2O3/c1-11-4-6-20(7-5-11)17(23)13-8-12-14(19-16(13)22)9-18(2,3)10-15(12)21/h8,11H,4-7,9-10H2,1-3H3,(H,19,22). The van der Waals surface area contributed by atoms with Crippen molar-refractivity contribution in [2.24, 2.45) is 11.3 Å². The maximum atomic E-state index is 12.6. The first-order valence-corrected chi connectivity index (χ1v) is 8.35. The molecule has 1 N–H and O–H groups in total. The molecule has 0 radical (unpaired) electrons. The first kappa shape index (κ1) is 16.0. The summed E-state index contributed by atoms with van der Waals surface area (Å²) in [6, 6.07) is 1.52. The monoisotopic (exact) mass is 316 g/mol. The molecule has 0 atom stereocenters. The van der Waals surface area contributed by atoms with Gasteiger partial charge in [0.2, 0.25) is 0 Å². The number of piperidine rings is 1. The highest BCUT2D eigenvalue weighted by molar-refractivity contribution is 6.02. The van der Waals surface area contributed by atoms with Gasteiger partial charge in [0.15, 0.2) is 5.78 Å². The van der Waals surface area contributed by atoms with Crippen LogP contribution >= 0.6 is 0 Å². The van der Waals surface area contributed by atoms with Crippen molar-refractivity contribution in [2.45, 2.75) is 46.5 Å². The second kappa shape index (κ2) is 5.62. The van der Waals surface area contributed by atoms with Gasteiger partial charge >= 0.3 is 0 Å². The molecule has 3 rings (SSSR count). The third kappa shape index (κ3) is 3.09. The predicted molar refractivity (Wildman–Crippen MR) is 87.8 cm³/mol. The van der Waals surface area contributed by atoms with E-state index in [1.165, 1.54) is 6.07 Å². The number of amides is 1. The molecule has 0 saturated carbocycles. The highest BCUT2D eigenvalue weighted by Gasteiger charge is 2.33. The van der Waals surface area contributed by atoms with Crippen LogP contribution < -0.4 is 5.56 Å². The molecule has 0 aromatic carbocycles. The molecule has 1 fully saturated rings. The zero-order valence-corrected chi connectivity index (χ0v) is 14.1. The van der Waals surface area contributed by atoms with E-state index in [1.54, 1.807) is 4.90 Å². The second-order valence-corrected chi connectivity index (χ2v) is 7.82.